The van der Waals surface area contributed by atoms with Crippen molar-refractivity contribution in [1.82, 2.24) is 15.0 Å². The Hall–Kier alpha value is -1.39. The van der Waals surface area contributed by atoms with Gasteiger partial charge in [-0.25, -0.2) is 4.68 Å². The van der Waals surface area contributed by atoms with Gasteiger partial charge in [0.15, 0.2) is 0 Å². The fraction of sp³-hybridized carbons (Fsp3) is 0.273. The van der Waals surface area contributed by atoms with E-state index in [2.05, 4.69) is 10.3 Å². The first-order valence-electron chi connectivity index (χ1n) is 4.95. The molecule has 4 nitrogen and oxygen atoms in total. The predicted molar refractivity (Wildman–Crippen MR) is 61.2 cm³/mol. The van der Waals surface area contributed by atoms with Gasteiger partial charge in [-0.3, -0.25) is 0 Å². The lowest BCUT2D eigenvalue weighted by molar-refractivity contribution is 0.150. The molecule has 1 aromatic heterocycles. The second kappa shape index (κ2) is 4.63. The fourth-order valence-corrected chi connectivity index (χ4v) is 1.68. The summed E-state index contributed by atoms with van der Waals surface area (Å²) >= 11 is 5.85. The SMILES string of the molecule is Cc1cn(CC(O)c2cccc(Cl)c2)nn1. The Morgan fingerprint density at radius 3 is 2.94 bits per heavy atom. The van der Waals surface area contributed by atoms with Crippen molar-refractivity contribution in [3.63, 3.8) is 0 Å². The Bertz CT molecular complexity index is 484. The van der Waals surface area contributed by atoms with Gasteiger partial charge in [0.2, 0.25) is 0 Å². The summed E-state index contributed by atoms with van der Waals surface area (Å²) in [5.74, 6) is 0. The van der Waals surface area contributed by atoms with Gasteiger partial charge in [0.25, 0.3) is 0 Å². The standard InChI is InChI=1S/C11H12ClN3O/c1-8-6-15(14-13-8)7-11(16)9-3-2-4-10(12)5-9/h2-6,11,16H,7H2,1H3. The molecular weight excluding hydrogens is 226 g/mol. The molecule has 0 radical (unpaired) electrons. The fourth-order valence-electron chi connectivity index (χ4n) is 1.48. The van der Waals surface area contributed by atoms with Crippen LogP contribution >= 0.6 is 11.6 Å². The first-order valence-corrected chi connectivity index (χ1v) is 5.33. The van der Waals surface area contributed by atoms with Crippen LogP contribution in [0.15, 0.2) is 30.5 Å². The molecule has 0 amide bonds. The van der Waals surface area contributed by atoms with Crippen molar-refractivity contribution in [2.24, 2.45) is 0 Å². The molecule has 0 aliphatic heterocycles. The molecule has 0 aliphatic rings. The van der Waals surface area contributed by atoms with Crippen LogP contribution in [-0.2, 0) is 6.54 Å². The third-order valence-corrected chi connectivity index (χ3v) is 2.48. The molecule has 84 valence electrons. The van der Waals surface area contributed by atoms with Crippen LogP contribution in [0.3, 0.4) is 0 Å². The van der Waals surface area contributed by atoms with Crippen LogP contribution in [0.25, 0.3) is 0 Å². The summed E-state index contributed by atoms with van der Waals surface area (Å²) in [5.41, 5.74) is 1.61. The first kappa shape index (κ1) is 11.1. The number of nitrogens with zero attached hydrogens (tertiary/aromatic N) is 3. The lowest BCUT2D eigenvalue weighted by atomic mass is 10.1. The van der Waals surface area contributed by atoms with Gasteiger partial charge in [0.05, 0.1) is 18.3 Å². The largest absolute Gasteiger partial charge is 0.386 e. The van der Waals surface area contributed by atoms with Gasteiger partial charge in [-0.2, -0.15) is 0 Å². The average molecular weight is 238 g/mol. The highest BCUT2D eigenvalue weighted by molar-refractivity contribution is 6.30. The smallest absolute Gasteiger partial charge is 0.0987 e. The highest BCUT2D eigenvalue weighted by atomic mass is 35.5. The first-order chi connectivity index (χ1) is 7.65. The van der Waals surface area contributed by atoms with Crippen molar-refractivity contribution in [3.8, 4) is 0 Å². The molecule has 2 rings (SSSR count). The third kappa shape index (κ3) is 2.59. The maximum Gasteiger partial charge on any atom is 0.0987 e. The van der Waals surface area contributed by atoms with E-state index >= 15 is 0 Å². The number of halogens is 1. The van der Waals surface area contributed by atoms with Crippen molar-refractivity contribution >= 4 is 11.6 Å². The molecule has 1 N–H and O–H groups in total. The average Bonchev–Trinajstić information content (AvgIpc) is 2.64. The summed E-state index contributed by atoms with van der Waals surface area (Å²) in [7, 11) is 0. The van der Waals surface area contributed by atoms with Gasteiger partial charge in [0, 0.05) is 11.2 Å². The Labute approximate surface area is 98.5 Å². The van der Waals surface area contributed by atoms with E-state index in [9.17, 15) is 5.11 Å². The number of hydrogen-bond acceptors (Lipinski definition) is 3. The highest BCUT2D eigenvalue weighted by Gasteiger charge is 2.09. The van der Waals surface area contributed by atoms with Crippen molar-refractivity contribution < 1.29 is 5.11 Å². The minimum Gasteiger partial charge on any atom is -0.386 e. The van der Waals surface area contributed by atoms with E-state index in [4.69, 9.17) is 11.6 Å². The van der Waals surface area contributed by atoms with E-state index in [0.29, 0.717) is 11.6 Å². The van der Waals surface area contributed by atoms with Crippen LogP contribution in [-0.4, -0.2) is 20.1 Å². The Morgan fingerprint density at radius 1 is 1.50 bits per heavy atom. The Balaban J connectivity index is 2.11. The molecule has 0 fully saturated rings. The normalized spacial score (nSPS) is 12.7. The zero-order valence-corrected chi connectivity index (χ0v) is 9.59. The van der Waals surface area contributed by atoms with Gasteiger partial charge in [-0.15, -0.1) is 5.10 Å². The van der Waals surface area contributed by atoms with Crippen LogP contribution in [0.4, 0.5) is 0 Å². The number of aryl methyl sites for hydroxylation is 1. The molecule has 0 spiro atoms. The Morgan fingerprint density at radius 2 is 2.31 bits per heavy atom. The topological polar surface area (TPSA) is 50.9 Å². The van der Waals surface area contributed by atoms with Crippen molar-refractivity contribution in [1.29, 1.82) is 0 Å². The summed E-state index contributed by atoms with van der Waals surface area (Å²) < 4.78 is 1.61. The zero-order chi connectivity index (χ0) is 11.5. The molecule has 0 saturated heterocycles. The van der Waals surface area contributed by atoms with E-state index in [-0.39, 0.29) is 0 Å². The molecule has 1 heterocycles. The number of benzene rings is 1. The minimum absolute atomic E-state index is 0.376. The molecule has 5 heteroatoms. The number of aromatic nitrogens is 3. The van der Waals surface area contributed by atoms with Gasteiger partial charge in [-0.05, 0) is 24.6 Å². The van der Waals surface area contributed by atoms with Gasteiger partial charge in [-0.1, -0.05) is 28.9 Å². The second-order valence-electron chi connectivity index (χ2n) is 3.65. The van der Waals surface area contributed by atoms with Crippen molar-refractivity contribution in [2.75, 3.05) is 0 Å². The highest BCUT2D eigenvalue weighted by Crippen LogP contribution is 2.18. The number of aliphatic hydroxyl groups excluding tert-OH is 1. The van der Waals surface area contributed by atoms with Crippen LogP contribution in [0.2, 0.25) is 5.02 Å². The van der Waals surface area contributed by atoms with Crippen molar-refractivity contribution in [3.05, 3.63) is 46.7 Å². The van der Waals surface area contributed by atoms with Gasteiger partial charge >= 0.3 is 0 Å². The van der Waals surface area contributed by atoms with Crippen molar-refractivity contribution in [2.45, 2.75) is 19.6 Å². The zero-order valence-electron chi connectivity index (χ0n) is 8.84. The van der Waals surface area contributed by atoms with Gasteiger partial charge in [0.1, 0.15) is 0 Å². The Kier molecular flexibility index (Phi) is 3.22. The van der Waals surface area contributed by atoms with Gasteiger partial charge < -0.3 is 5.11 Å². The molecule has 16 heavy (non-hydrogen) atoms. The van der Waals surface area contributed by atoms with E-state index in [1.54, 1.807) is 23.0 Å². The molecule has 0 saturated carbocycles. The molecule has 1 atom stereocenters. The third-order valence-electron chi connectivity index (χ3n) is 2.25. The van der Waals surface area contributed by atoms with E-state index < -0.39 is 6.10 Å². The summed E-state index contributed by atoms with van der Waals surface area (Å²) in [5, 5.41) is 18.3. The number of aliphatic hydroxyl groups is 1. The van der Waals surface area contributed by atoms with Crippen LogP contribution in [0, 0.1) is 6.92 Å². The maximum atomic E-state index is 9.96. The summed E-state index contributed by atoms with van der Waals surface area (Å²) in [4.78, 5) is 0. The van der Waals surface area contributed by atoms with E-state index in [1.807, 2.05) is 19.1 Å². The molecular formula is C11H12ClN3O. The van der Waals surface area contributed by atoms with E-state index in [1.165, 1.54) is 0 Å². The minimum atomic E-state index is -0.625. The van der Waals surface area contributed by atoms with Crippen LogP contribution in [0.5, 0.6) is 0 Å². The molecule has 0 bridgehead atoms. The van der Waals surface area contributed by atoms with Crippen LogP contribution < -0.4 is 0 Å². The molecule has 1 aromatic carbocycles. The quantitative estimate of drug-likeness (QED) is 0.888. The lowest BCUT2D eigenvalue weighted by Gasteiger charge is -2.10. The van der Waals surface area contributed by atoms with E-state index in [0.717, 1.165) is 11.3 Å². The molecule has 0 aliphatic carbocycles. The monoisotopic (exact) mass is 237 g/mol. The summed E-state index contributed by atoms with van der Waals surface area (Å²) in [6.07, 6.45) is 1.16. The lowest BCUT2D eigenvalue weighted by Crippen LogP contribution is -2.09. The maximum absolute atomic E-state index is 9.96. The second-order valence-corrected chi connectivity index (χ2v) is 4.09. The molecule has 2 aromatic rings. The van der Waals surface area contributed by atoms with Crippen LogP contribution in [0.1, 0.15) is 17.4 Å². The molecule has 1 unspecified atom stereocenters. The number of rotatable bonds is 3. The summed E-state index contributed by atoms with van der Waals surface area (Å²) in [6.45, 7) is 2.23. The summed E-state index contributed by atoms with van der Waals surface area (Å²) in [6, 6.07) is 7.17. The number of hydrogen-bond donors (Lipinski definition) is 1. The predicted octanol–water partition coefficient (Wildman–Crippen LogP) is 1.97.